The maximum Gasteiger partial charge on any atom is 0.164 e. The van der Waals surface area contributed by atoms with Gasteiger partial charge in [0.25, 0.3) is 0 Å². The molecule has 2 heterocycles. The van der Waals surface area contributed by atoms with Crippen LogP contribution in [0.4, 0.5) is 0 Å². The minimum atomic E-state index is 0.438. The highest BCUT2D eigenvalue weighted by atomic mass is 15.0. The molecule has 316 valence electrons. The fraction of sp³-hybridized carbons (Fsp3) is 0. The van der Waals surface area contributed by atoms with Gasteiger partial charge in [-0.15, -0.1) is 0 Å². The van der Waals surface area contributed by atoms with Crippen molar-refractivity contribution in [2.45, 2.75) is 0 Å². The summed E-state index contributed by atoms with van der Waals surface area (Å²) in [5.41, 5.74) is 17.3. The number of nitrogens with one attached hydrogen (secondary N) is 2. The molecule has 0 amide bonds. The van der Waals surface area contributed by atoms with E-state index in [9.17, 15) is 5.41 Å². The van der Waals surface area contributed by atoms with E-state index in [0.29, 0.717) is 23.2 Å². The van der Waals surface area contributed by atoms with Gasteiger partial charge < -0.3 is 5.32 Å². The van der Waals surface area contributed by atoms with E-state index in [1.165, 1.54) is 0 Å². The molecule has 0 spiro atoms. The molecule has 11 rings (SSSR count). The van der Waals surface area contributed by atoms with E-state index >= 15 is 0 Å². The minimum absolute atomic E-state index is 0.438. The van der Waals surface area contributed by atoms with Crippen LogP contribution in [-0.2, 0) is 0 Å². The number of hydrogen-bond donors (Lipinski definition) is 2. The molecule has 0 unspecified atom stereocenters. The Labute approximate surface area is 390 Å². The van der Waals surface area contributed by atoms with Gasteiger partial charge in [0.15, 0.2) is 17.5 Å². The van der Waals surface area contributed by atoms with E-state index in [1.54, 1.807) is 0 Å². The van der Waals surface area contributed by atoms with Crippen LogP contribution < -0.4 is 5.32 Å². The molecule has 5 nitrogen and oxygen atoms in total. The predicted octanol–water partition coefficient (Wildman–Crippen LogP) is 14.9. The number of rotatable bonds is 10. The number of nitrogens with zero attached hydrogens (tertiary/aromatic N) is 3. The third kappa shape index (κ3) is 8.53. The van der Waals surface area contributed by atoms with Crippen molar-refractivity contribution in [3.8, 4) is 67.5 Å². The molecule has 2 N–H and O–H groups in total. The molecule has 0 saturated carbocycles. The first-order valence-corrected chi connectivity index (χ1v) is 22.4. The first-order chi connectivity index (χ1) is 33.1. The van der Waals surface area contributed by atoms with Crippen molar-refractivity contribution in [1.29, 1.82) is 5.41 Å². The summed E-state index contributed by atoms with van der Waals surface area (Å²) in [7, 11) is 0. The fourth-order valence-corrected chi connectivity index (χ4v) is 8.70. The molecule has 0 aliphatic carbocycles. The molecule has 0 saturated heterocycles. The Morgan fingerprint density at radius 2 is 0.716 bits per heavy atom. The zero-order valence-electron chi connectivity index (χ0n) is 36.5. The highest BCUT2D eigenvalue weighted by Gasteiger charge is 2.25. The van der Waals surface area contributed by atoms with E-state index in [-0.39, 0.29) is 0 Å². The van der Waals surface area contributed by atoms with E-state index in [2.05, 4.69) is 187 Å². The van der Waals surface area contributed by atoms with Gasteiger partial charge in [0.05, 0.1) is 11.4 Å². The average Bonchev–Trinajstić information content (AvgIpc) is 3.42. The molecule has 0 atom stereocenters. The number of hydrogen-bond acceptors (Lipinski definition) is 5. The Morgan fingerprint density at radius 1 is 0.328 bits per heavy atom. The van der Waals surface area contributed by atoms with Gasteiger partial charge in [-0.2, -0.15) is 0 Å². The van der Waals surface area contributed by atoms with Gasteiger partial charge in [0.2, 0.25) is 0 Å². The molecule has 67 heavy (non-hydrogen) atoms. The number of allylic oxidation sites excluding steroid dienone is 1. The Kier molecular flexibility index (Phi) is 11.1. The summed E-state index contributed by atoms with van der Waals surface area (Å²) in [6.45, 7) is 0. The van der Waals surface area contributed by atoms with E-state index in [4.69, 9.17) is 15.0 Å². The first-order valence-electron chi connectivity index (χ1n) is 22.4. The largest absolute Gasteiger partial charge is 0.354 e. The summed E-state index contributed by atoms with van der Waals surface area (Å²) in [5, 5.41) is 13.6. The molecule has 0 radical (unpaired) electrons. The summed E-state index contributed by atoms with van der Waals surface area (Å²) < 4.78 is 0. The lowest BCUT2D eigenvalue weighted by Gasteiger charge is -2.27. The second-order valence-corrected chi connectivity index (χ2v) is 16.5. The summed E-state index contributed by atoms with van der Waals surface area (Å²) >= 11 is 0. The normalized spacial score (nSPS) is 12.6. The van der Waals surface area contributed by atoms with Crippen LogP contribution in [0, 0.1) is 5.41 Å². The summed E-state index contributed by atoms with van der Waals surface area (Å²) in [5.74, 6) is 1.78. The minimum Gasteiger partial charge on any atom is -0.354 e. The summed E-state index contributed by atoms with van der Waals surface area (Å²) in [4.78, 5) is 15.4. The van der Waals surface area contributed by atoms with Gasteiger partial charge in [-0.1, -0.05) is 231 Å². The average molecular weight is 858 g/mol. The standard InChI is InChI=1S/C62H43N5/c63-58(48-25-14-5-15-26-48)57(47-23-12-4-13-24-47)59-55-40-52(37-38-53(55)41-56(64-59)46-21-10-3-11-22-46)51-27-16-28-54(39-51)62-66-60(49-33-29-44(30-34-49)42-17-6-1-7-18-42)65-61(67-62)50-35-31-45(32-36-50)43-19-8-2-9-20-43/h1-41,63-64H/b59-57-,63-58?. The number of benzene rings is 9. The van der Waals surface area contributed by atoms with Crippen LogP contribution in [0.2, 0.25) is 0 Å². The fourth-order valence-electron chi connectivity index (χ4n) is 8.70. The zero-order chi connectivity index (χ0) is 44.9. The molecular formula is C62H43N5. The Morgan fingerprint density at radius 3 is 1.25 bits per heavy atom. The monoisotopic (exact) mass is 857 g/mol. The van der Waals surface area contributed by atoms with Crippen molar-refractivity contribution in [3.63, 3.8) is 0 Å². The number of aromatic nitrogens is 3. The van der Waals surface area contributed by atoms with Gasteiger partial charge in [0, 0.05) is 39.1 Å². The molecule has 1 aliphatic rings. The Bertz CT molecular complexity index is 3340. The van der Waals surface area contributed by atoms with Crippen molar-refractivity contribution >= 4 is 28.8 Å². The lowest BCUT2D eigenvalue weighted by molar-refractivity contribution is 1.07. The van der Waals surface area contributed by atoms with Gasteiger partial charge in [-0.25, -0.2) is 15.0 Å². The van der Waals surface area contributed by atoms with E-state index < -0.39 is 0 Å². The van der Waals surface area contributed by atoms with Crippen molar-refractivity contribution in [1.82, 2.24) is 20.3 Å². The lowest BCUT2D eigenvalue weighted by atomic mass is 9.86. The maximum atomic E-state index is 9.74. The summed E-state index contributed by atoms with van der Waals surface area (Å²) in [6.07, 6.45) is 2.20. The van der Waals surface area contributed by atoms with Gasteiger partial charge in [-0.05, 0) is 68.3 Å². The van der Waals surface area contributed by atoms with Crippen LogP contribution in [0.1, 0.15) is 27.8 Å². The van der Waals surface area contributed by atoms with Gasteiger partial charge in [-0.3, -0.25) is 5.41 Å². The Balaban J connectivity index is 1.03. The highest BCUT2D eigenvalue weighted by Crippen LogP contribution is 2.39. The molecule has 1 aliphatic heterocycles. The molecule has 1 aromatic heterocycles. The summed E-state index contributed by atoms with van der Waals surface area (Å²) in [6, 6.07) is 83.2. The SMILES string of the molecule is N=C(/C(=C1\NC(c2ccccc2)=Cc2ccc(-c3cccc(-c4nc(-c5ccc(-c6ccccc6)cc5)nc(-c5ccc(-c6ccccc6)cc5)n4)c3)cc21)c1ccccc1)c1ccccc1. The Hall–Kier alpha value is -9.06. The second-order valence-electron chi connectivity index (χ2n) is 16.5. The quantitative estimate of drug-likeness (QED) is 0.134. The van der Waals surface area contributed by atoms with Crippen LogP contribution in [0.5, 0.6) is 0 Å². The lowest BCUT2D eigenvalue weighted by Crippen LogP contribution is -2.20. The first kappa shape index (κ1) is 40.7. The zero-order valence-corrected chi connectivity index (χ0v) is 36.5. The van der Waals surface area contributed by atoms with Crippen molar-refractivity contribution in [3.05, 3.63) is 270 Å². The molecule has 9 aromatic carbocycles. The molecule has 5 heteroatoms. The maximum absolute atomic E-state index is 9.74. The molecule has 0 fully saturated rings. The van der Waals surface area contributed by atoms with Crippen molar-refractivity contribution in [2.24, 2.45) is 0 Å². The van der Waals surface area contributed by atoms with Crippen LogP contribution >= 0.6 is 0 Å². The smallest absolute Gasteiger partial charge is 0.164 e. The molecule has 10 aromatic rings. The molecular weight excluding hydrogens is 815 g/mol. The van der Waals surface area contributed by atoms with E-state index in [0.717, 1.165) is 94.9 Å². The third-order valence-electron chi connectivity index (χ3n) is 12.2. The van der Waals surface area contributed by atoms with Crippen molar-refractivity contribution < 1.29 is 0 Å². The third-order valence-corrected chi connectivity index (χ3v) is 12.2. The van der Waals surface area contributed by atoms with Crippen LogP contribution in [-0.4, -0.2) is 20.7 Å². The molecule has 0 bridgehead atoms. The number of fused-ring (bicyclic) bond motifs is 1. The van der Waals surface area contributed by atoms with E-state index in [1.807, 2.05) is 66.7 Å². The van der Waals surface area contributed by atoms with Crippen LogP contribution in [0.25, 0.3) is 90.6 Å². The van der Waals surface area contributed by atoms with Gasteiger partial charge >= 0.3 is 0 Å². The second kappa shape index (κ2) is 18.2. The van der Waals surface area contributed by atoms with Gasteiger partial charge in [0.1, 0.15) is 0 Å². The van der Waals surface area contributed by atoms with Crippen LogP contribution in [0.3, 0.4) is 0 Å². The highest BCUT2D eigenvalue weighted by molar-refractivity contribution is 6.36. The predicted molar refractivity (Wildman–Crippen MR) is 276 cm³/mol. The van der Waals surface area contributed by atoms with Crippen molar-refractivity contribution in [2.75, 3.05) is 0 Å². The van der Waals surface area contributed by atoms with Crippen LogP contribution in [0.15, 0.2) is 243 Å². The topological polar surface area (TPSA) is 74.6 Å².